The molecule has 2 rings (SSSR count). The highest BCUT2D eigenvalue weighted by atomic mass is 79.9. The summed E-state index contributed by atoms with van der Waals surface area (Å²) in [4.78, 5) is 0.617. The molecule has 0 unspecified atom stereocenters. The molecule has 0 bridgehead atoms. The minimum Gasteiger partial charge on any atom is -0.207 e. The van der Waals surface area contributed by atoms with E-state index in [1.807, 2.05) is 13.8 Å². The lowest BCUT2D eigenvalue weighted by Gasteiger charge is -2.05. The van der Waals surface area contributed by atoms with Gasteiger partial charge < -0.3 is 0 Å². The van der Waals surface area contributed by atoms with Crippen LogP contribution in [0.4, 0.5) is 17.6 Å². The largest absolute Gasteiger partial charge is 0.446 e. The summed E-state index contributed by atoms with van der Waals surface area (Å²) in [6.07, 6.45) is 0. The fourth-order valence-corrected chi connectivity index (χ4v) is 4.04. The van der Waals surface area contributed by atoms with Crippen LogP contribution in [0.3, 0.4) is 0 Å². The number of hydrogen-bond donors (Lipinski definition) is 0. The molecule has 2 aromatic rings. The Kier molecular flexibility index (Phi) is 5.70. The average Bonchev–Trinajstić information content (AvgIpc) is 2.58. The zero-order valence-corrected chi connectivity index (χ0v) is 13.6. The second-order valence-electron chi connectivity index (χ2n) is 3.30. The number of hydrogen-bond acceptors (Lipinski definition) is 2. The van der Waals surface area contributed by atoms with Crippen LogP contribution in [0.1, 0.15) is 18.7 Å². The summed E-state index contributed by atoms with van der Waals surface area (Å²) in [6, 6.07) is 2.39. The van der Waals surface area contributed by atoms with Crippen molar-refractivity contribution in [3.05, 3.63) is 27.3 Å². The fourth-order valence-electron chi connectivity index (χ4n) is 1.46. The van der Waals surface area contributed by atoms with E-state index in [9.17, 15) is 17.6 Å². The molecule has 0 amide bonds. The van der Waals surface area contributed by atoms with Gasteiger partial charge in [0, 0.05) is 19.6 Å². The summed E-state index contributed by atoms with van der Waals surface area (Å²) < 4.78 is 51.5. The van der Waals surface area contributed by atoms with Crippen LogP contribution in [0.5, 0.6) is 0 Å². The molecule has 0 fully saturated rings. The quantitative estimate of drug-likeness (QED) is 0.392. The number of rotatable bonds is 1. The third-order valence-electron chi connectivity index (χ3n) is 2.05. The van der Waals surface area contributed by atoms with E-state index in [-0.39, 0.29) is 16.7 Å². The molecule has 0 nitrogen and oxygen atoms in total. The monoisotopic (exact) mass is 374 g/mol. The van der Waals surface area contributed by atoms with Crippen LogP contribution >= 0.6 is 39.0 Å². The molecule has 0 radical (unpaired) electrons. The molecule has 106 valence electrons. The minimum atomic E-state index is -4.36. The van der Waals surface area contributed by atoms with Crippen molar-refractivity contribution < 1.29 is 17.6 Å². The Morgan fingerprint density at radius 2 is 1.79 bits per heavy atom. The van der Waals surface area contributed by atoms with Crippen molar-refractivity contribution in [2.24, 2.45) is 0 Å². The SMILES string of the molecule is CC.Cc1sc2c(Br)cc(F)cc2c1SC(F)(F)F. The van der Waals surface area contributed by atoms with Gasteiger partial charge in [0.2, 0.25) is 0 Å². The standard InChI is InChI=1S/C10H5BrF4S2.C2H6/c1-4-8(17-10(13,14)15)6-2-5(12)3-7(11)9(6)16-4;1-2/h2-3H,1H3;1-2H3. The predicted octanol–water partition coefficient (Wildman–Crippen LogP) is 6.75. The van der Waals surface area contributed by atoms with E-state index < -0.39 is 11.3 Å². The van der Waals surface area contributed by atoms with Crippen molar-refractivity contribution in [2.45, 2.75) is 31.2 Å². The number of aryl methyl sites for hydroxylation is 1. The molecule has 1 aromatic heterocycles. The number of alkyl halides is 3. The molecule has 0 saturated heterocycles. The second-order valence-corrected chi connectivity index (χ2v) is 6.45. The maximum atomic E-state index is 13.2. The van der Waals surface area contributed by atoms with Crippen molar-refractivity contribution in [3.63, 3.8) is 0 Å². The average molecular weight is 375 g/mol. The Hall–Kier alpha value is -0.270. The van der Waals surface area contributed by atoms with Gasteiger partial charge in [-0.3, -0.25) is 0 Å². The third-order valence-corrected chi connectivity index (χ3v) is 5.18. The lowest BCUT2D eigenvalue weighted by molar-refractivity contribution is -0.0327. The summed E-state index contributed by atoms with van der Waals surface area (Å²) in [5.41, 5.74) is -4.36. The first kappa shape index (κ1) is 16.8. The summed E-state index contributed by atoms with van der Waals surface area (Å²) in [6.45, 7) is 5.60. The van der Waals surface area contributed by atoms with Crippen molar-refractivity contribution in [1.29, 1.82) is 0 Å². The van der Waals surface area contributed by atoms with Gasteiger partial charge in [-0.15, -0.1) is 11.3 Å². The van der Waals surface area contributed by atoms with E-state index in [1.54, 1.807) is 6.92 Å². The molecule has 7 heteroatoms. The van der Waals surface area contributed by atoms with Crippen molar-refractivity contribution in [3.8, 4) is 0 Å². The van der Waals surface area contributed by atoms with Crippen LogP contribution in [0, 0.1) is 12.7 Å². The van der Waals surface area contributed by atoms with Crippen LogP contribution in [-0.4, -0.2) is 5.51 Å². The number of halogens is 5. The summed E-state index contributed by atoms with van der Waals surface area (Å²) >= 11 is 4.18. The lowest BCUT2D eigenvalue weighted by Crippen LogP contribution is -1.99. The molecular formula is C12H11BrF4S2. The van der Waals surface area contributed by atoms with E-state index in [0.29, 0.717) is 19.4 Å². The molecule has 0 atom stereocenters. The number of thiophene rings is 1. The summed E-state index contributed by atoms with van der Waals surface area (Å²) in [7, 11) is 0. The van der Waals surface area contributed by atoms with Crippen LogP contribution in [-0.2, 0) is 0 Å². The van der Waals surface area contributed by atoms with E-state index in [1.165, 1.54) is 17.4 Å². The van der Waals surface area contributed by atoms with Gasteiger partial charge in [0.25, 0.3) is 0 Å². The highest BCUT2D eigenvalue weighted by Gasteiger charge is 2.32. The third kappa shape index (κ3) is 4.10. The molecule has 0 N–H and O–H groups in total. The molecule has 0 spiro atoms. The molecule has 1 aromatic carbocycles. The molecule has 0 aliphatic carbocycles. The Labute approximate surface area is 125 Å². The highest BCUT2D eigenvalue weighted by molar-refractivity contribution is 9.10. The van der Waals surface area contributed by atoms with E-state index in [2.05, 4.69) is 15.9 Å². The van der Waals surface area contributed by atoms with Crippen LogP contribution < -0.4 is 0 Å². The van der Waals surface area contributed by atoms with Gasteiger partial charge in [-0.05, 0) is 46.7 Å². The molecule has 0 saturated carbocycles. The first-order valence-corrected chi connectivity index (χ1v) is 7.84. The van der Waals surface area contributed by atoms with Gasteiger partial charge in [-0.25, -0.2) is 4.39 Å². The maximum Gasteiger partial charge on any atom is 0.446 e. The fraction of sp³-hybridized carbons (Fsp3) is 0.333. The number of fused-ring (bicyclic) bond motifs is 1. The molecular weight excluding hydrogens is 364 g/mol. The topological polar surface area (TPSA) is 0 Å². The Morgan fingerprint density at radius 1 is 1.21 bits per heavy atom. The van der Waals surface area contributed by atoms with Gasteiger partial charge in [0.15, 0.2) is 0 Å². The zero-order valence-electron chi connectivity index (χ0n) is 10.4. The highest BCUT2D eigenvalue weighted by Crippen LogP contribution is 2.47. The van der Waals surface area contributed by atoms with E-state index in [0.717, 1.165) is 6.07 Å². The Balaban J connectivity index is 0.000000861. The first-order chi connectivity index (χ1) is 8.78. The lowest BCUT2D eigenvalue weighted by atomic mass is 10.2. The smallest absolute Gasteiger partial charge is 0.207 e. The van der Waals surface area contributed by atoms with Gasteiger partial charge >= 0.3 is 5.51 Å². The van der Waals surface area contributed by atoms with Crippen molar-refractivity contribution in [2.75, 3.05) is 0 Å². The zero-order chi connectivity index (χ0) is 14.8. The molecule has 0 aliphatic heterocycles. The summed E-state index contributed by atoms with van der Waals surface area (Å²) in [5, 5.41) is 0.307. The maximum absolute atomic E-state index is 13.2. The number of thioether (sulfide) groups is 1. The van der Waals surface area contributed by atoms with Crippen LogP contribution in [0.25, 0.3) is 10.1 Å². The second kappa shape index (κ2) is 6.45. The van der Waals surface area contributed by atoms with Gasteiger partial charge in [0.05, 0.1) is 4.70 Å². The van der Waals surface area contributed by atoms with E-state index >= 15 is 0 Å². The van der Waals surface area contributed by atoms with Crippen LogP contribution in [0.2, 0.25) is 0 Å². The van der Waals surface area contributed by atoms with Crippen molar-refractivity contribution >= 4 is 49.1 Å². The van der Waals surface area contributed by atoms with Crippen LogP contribution in [0.15, 0.2) is 21.5 Å². The minimum absolute atomic E-state index is 0.0812. The normalized spacial score (nSPS) is 11.4. The Bertz CT molecular complexity index is 575. The molecule has 0 aliphatic rings. The van der Waals surface area contributed by atoms with Gasteiger partial charge in [0.1, 0.15) is 5.82 Å². The van der Waals surface area contributed by atoms with Crippen molar-refractivity contribution in [1.82, 2.24) is 0 Å². The Morgan fingerprint density at radius 3 is 2.32 bits per heavy atom. The van der Waals surface area contributed by atoms with Gasteiger partial charge in [-0.2, -0.15) is 13.2 Å². The van der Waals surface area contributed by atoms with E-state index in [4.69, 9.17) is 0 Å². The molecule has 19 heavy (non-hydrogen) atoms. The van der Waals surface area contributed by atoms with Gasteiger partial charge in [-0.1, -0.05) is 13.8 Å². The molecule has 1 heterocycles. The predicted molar refractivity (Wildman–Crippen MR) is 77.5 cm³/mol. The first-order valence-electron chi connectivity index (χ1n) is 5.42. The number of benzene rings is 1. The summed E-state index contributed by atoms with van der Waals surface area (Å²) in [5.74, 6) is -0.550.